The zero-order valence-electron chi connectivity index (χ0n) is 9.78. The topological polar surface area (TPSA) is 58.6 Å². The Morgan fingerprint density at radius 1 is 1.44 bits per heavy atom. The van der Waals surface area contributed by atoms with Gasteiger partial charge in [0.15, 0.2) is 0 Å². The molecule has 1 rings (SSSR count). The number of hydrogen-bond acceptors (Lipinski definition) is 3. The number of likely N-dealkylation sites (N-methyl/N-ethyl adjacent to an activating group) is 1. The highest BCUT2D eigenvalue weighted by molar-refractivity contribution is 5.78. The average molecular weight is 223 g/mol. The van der Waals surface area contributed by atoms with Crippen LogP contribution in [0.5, 0.6) is 5.75 Å². The summed E-state index contributed by atoms with van der Waals surface area (Å²) >= 11 is 0. The predicted octanol–water partition coefficient (Wildman–Crippen LogP) is 1.44. The molecule has 0 amide bonds. The summed E-state index contributed by atoms with van der Waals surface area (Å²) in [5.74, 6) is -0.254. The van der Waals surface area contributed by atoms with E-state index in [4.69, 9.17) is 9.84 Å². The molecule has 1 unspecified atom stereocenters. The van der Waals surface area contributed by atoms with Gasteiger partial charge in [0, 0.05) is 0 Å². The van der Waals surface area contributed by atoms with Gasteiger partial charge < -0.3 is 15.2 Å². The molecule has 1 atom stereocenters. The maximum atomic E-state index is 11.0. The second kappa shape index (κ2) is 4.99. The van der Waals surface area contributed by atoms with E-state index in [2.05, 4.69) is 5.32 Å². The summed E-state index contributed by atoms with van der Waals surface area (Å²) in [5.41, 5.74) is 0.0761. The van der Waals surface area contributed by atoms with Gasteiger partial charge >= 0.3 is 5.97 Å². The molecule has 0 heterocycles. The molecule has 0 radical (unpaired) electrons. The highest BCUT2D eigenvalue weighted by Gasteiger charge is 2.32. The molecule has 0 aromatic heterocycles. The Hall–Kier alpha value is -1.55. The number of rotatable bonds is 5. The van der Waals surface area contributed by atoms with E-state index in [1.807, 2.05) is 31.2 Å². The van der Waals surface area contributed by atoms with Crippen LogP contribution in [0.3, 0.4) is 0 Å². The summed E-state index contributed by atoms with van der Waals surface area (Å²) in [6.45, 7) is 3.66. The fraction of sp³-hybridized carbons (Fsp3) is 0.417. The number of hydrogen-bond donors (Lipinski definition) is 2. The first-order valence-electron chi connectivity index (χ1n) is 5.10. The molecule has 0 spiro atoms. The van der Waals surface area contributed by atoms with Crippen LogP contribution in [-0.4, -0.2) is 30.3 Å². The molecule has 0 aliphatic heterocycles. The van der Waals surface area contributed by atoms with Gasteiger partial charge in [-0.3, -0.25) is 4.79 Å². The lowest BCUT2D eigenvalue weighted by molar-refractivity contribution is -0.145. The van der Waals surface area contributed by atoms with Crippen LogP contribution in [0.4, 0.5) is 0 Å². The van der Waals surface area contributed by atoms with Crippen molar-refractivity contribution in [3.05, 3.63) is 29.8 Å². The number of nitrogens with one attached hydrogen (secondary N) is 1. The lowest BCUT2D eigenvalue weighted by Crippen LogP contribution is -2.52. The molecular weight excluding hydrogens is 206 g/mol. The number of carbonyl (C=O) groups is 1. The number of ether oxygens (including phenoxy) is 1. The van der Waals surface area contributed by atoms with Crippen molar-refractivity contribution >= 4 is 5.97 Å². The SMILES string of the molecule is CNC(C)(COc1ccc(C)cc1)C(=O)O. The van der Waals surface area contributed by atoms with Crippen molar-refractivity contribution in [2.45, 2.75) is 19.4 Å². The van der Waals surface area contributed by atoms with Gasteiger partial charge in [-0.05, 0) is 33.0 Å². The van der Waals surface area contributed by atoms with E-state index >= 15 is 0 Å². The Morgan fingerprint density at radius 3 is 2.44 bits per heavy atom. The van der Waals surface area contributed by atoms with Crippen LogP contribution in [0.25, 0.3) is 0 Å². The zero-order chi connectivity index (χ0) is 12.2. The smallest absolute Gasteiger partial charge is 0.327 e. The maximum Gasteiger partial charge on any atom is 0.327 e. The minimum Gasteiger partial charge on any atom is -0.491 e. The van der Waals surface area contributed by atoms with Gasteiger partial charge in [-0.1, -0.05) is 17.7 Å². The molecule has 0 fully saturated rings. The minimum absolute atomic E-state index is 0.0852. The third-order valence-electron chi connectivity index (χ3n) is 2.57. The molecular formula is C12H17NO3. The van der Waals surface area contributed by atoms with E-state index in [-0.39, 0.29) is 6.61 Å². The van der Waals surface area contributed by atoms with Crippen LogP contribution in [0.1, 0.15) is 12.5 Å². The molecule has 1 aromatic carbocycles. The van der Waals surface area contributed by atoms with E-state index in [1.165, 1.54) is 0 Å². The highest BCUT2D eigenvalue weighted by Crippen LogP contribution is 2.14. The predicted molar refractivity (Wildman–Crippen MR) is 61.8 cm³/mol. The number of carboxylic acid groups (broad SMARTS) is 1. The van der Waals surface area contributed by atoms with E-state index in [9.17, 15) is 4.79 Å². The van der Waals surface area contributed by atoms with Crippen molar-refractivity contribution in [3.63, 3.8) is 0 Å². The molecule has 88 valence electrons. The minimum atomic E-state index is -1.06. The second-order valence-corrected chi connectivity index (χ2v) is 3.99. The van der Waals surface area contributed by atoms with Crippen LogP contribution in [0, 0.1) is 6.92 Å². The normalized spacial score (nSPS) is 14.2. The number of benzene rings is 1. The van der Waals surface area contributed by atoms with Gasteiger partial charge in [0.25, 0.3) is 0 Å². The summed E-state index contributed by atoms with van der Waals surface area (Å²) in [5, 5.41) is 11.7. The largest absolute Gasteiger partial charge is 0.491 e. The van der Waals surface area contributed by atoms with Crippen LogP contribution in [0.15, 0.2) is 24.3 Å². The first kappa shape index (κ1) is 12.5. The molecule has 0 saturated carbocycles. The lowest BCUT2D eigenvalue weighted by atomic mass is 10.1. The van der Waals surface area contributed by atoms with Gasteiger partial charge in [0.05, 0.1) is 0 Å². The third kappa shape index (κ3) is 2.97. The van der Waals surface area contributed by atoms with E-state index in [0.717, 1.165) is 5.56 Å². The Kier molecular flexibility index (Phi) is 3.90. The summed E-state index contributed by atoms with van der Waals surface area (Å²) < 4.78 is 5.44. The first-order valence-corrected chi connectivity index (χ1v) is 5.10. The molecule has 16 heavy (non-hydrogen) atoms. The fourth-order valence-electron chi connectivity index (χ4n) is 1.10. The Labute approximate surface area is 95.2 Å². The van der Waals surface area contributed by atoms with Crippen LogP contribution in [-0.2, 0) is 4.79 Å². The molecule has 4 heteroatoms. The Morgan fingerprint density at radius 2 is 2.00 bits per heavy atom. The fourth-order valence-corrected chi connectivity index (χ4v) is 1.10. The van der Waals surface area contributed by atoms with Crippen molar-refractivity contribution in [2.75, 3.05) is 13.7 Å². The second-order valence-electron chi connectivity index (χ2n) is 3.99. The van der Waals surface area contributed by atoms with E-state index in [1.54, 1.807) is 14.0 Å². The van der Waals surface area contributed by atoms with Gasteiger partial charge in [-0.2, -0.15) is 0 Å². The van der Waals surface area contributed by atoms with Crippen LogP contribution in [0.2, 0.25) is 0 Å². The third-order valence-corrected chi connectivity index (χ3v) is 2.57. The van der Waals surface area contributed by atoms with Crippen molar-refractivity contribution in [1.29, 1.82) is 0 Å². The molecule has 0 saturated heterocycles. The quantitative estimate of drug-likeness (QED) is 0.793. The number of aryl methyl sites for hydroxylation is 1. The van der Waals surface area contributed by atoms with Crippen molar-refractivity contribution in [2.24, 2.45) is 0 Å². The molecule has 1 aromatic rings. The summed E-state index contributed by atoms with van der Waals surface area (Å²) in [7, 11) is 1.60. The molecule has 4 nitrogen and oxygen atoms in total. The van der Waals surface area contributed by atoms with Crippen molar-refractivity contribution < 1.29 is 14.6 Å². The standard InChI is InChI=1S/C12H17NO3/c1-9-4-6-10(7-5-9)16-8-12(2,13-3)11(14)15/h4-7,13H,8H2,1-3H3,(H,14,15). The number of carboxylic acids is 1. The van der Waals surface area contributed by atoms with Gasteiger partial charge in [0.2, 0.25) is 0 Å². The average Bonchev–Trinajstić information content (AvgIpc) is 2.27. The van der Waals surface area contributed by atoms with Gasteiger partial charge in [0.1, 0.15) is 17.9 Å². The molecule has 0 bridgehead atoms. The molecule has 0 aliphatic rings. The summed E-state index contributed by atoms with van der Waals surface area (Å²) in [4.78, 5) is 11.0. The van der Waals surface area contributed by atoms with Crippen molar-refractivity contribution in [3.8, 4) is 5.75 Å². The summed E-state index contributed by atoms with van der Waals surface area (Å²) in [6, 6.07) is 7.50. The van der Waals surface area contributed by atoms with Gasteiger partial charge in [-0.25, -0.2) is 0 Å². The first-order chi connectivity index (χ1) is 7.48. The Bertz CT molecular complexity index is 361. The van der Waals surface area contributed by atoms with E-state index < -0.39 is 11.5 Å². The highest BCUT2D eigenvalue weighted by atomic mass is 16.5. The van der Waals surface area contributed by atoms with Crippen LogP contribution < -0.4 is 10.1 Å². The maximum absolute atomic E-state index is 11.0. The van der Waals surface area contributed by atoms with Gasteiger partial charge in [-0.15, -0.1) is 0 Å². The zero-order valence-corrected chi connectivity index (χ0v) is 9.78. The molecule has 0 aliphatic carbocycles. The lowest BCUT2D eigenvalue weighted by Gasteiger charge is -2.24. The van der Waals surface area contributed by atoms with Crippen LogP contribution >= 0.6 is 0 Å². The summed E-state index contributed by atoms with van der Waals surface area (Å²) in [6.07, 6.45) is 0. The monoisotopic (exact) mass is 223 g/mol. The Balaban J connectivity index is 2.63. The van der Waals surface area contributed by atoms with E-state index in [0.29, 0.717) is 5.75 Å². The van der Waals surface area contributed by atoms with Crippen molar-refractivity contribution in [1.82, 2.24) is 5.32 Å². The molecule has 2 N–H and O–H groups in total. The number of aliphatic carboxylic acids is 1.